The zero-order valence-corrected chi connectivity index (χ0v) is 14.2. The summed E-state index contributed by atoms with van der Waals surface area (Å²) in [6.45, 7) is 0. The lowest BCUT2D eigenvalue weighted by Gasteiger charge is -2.05. The van der Waals surface area contributed by atoms with Crippen LogP contribution in [0.4, 0.5) is 5.69 Å². The van der Waals surface area contributed by atoms with Gasteiger partial charge in [-0.2, -0.15) is 5.10 Å². The number of non-ortho nitro benzene ring substituents is 1. The Labute approximate surface area is 156 Å². The van der Waals surface area contributed by atoms with Crippen molar-refractivity contribution in [2.45, 2.75) is 0 Å². The number of nitro benzene ring substituents is 1. The van der Waals surface area contributed by atoms with Crippen LogP contribution in [0.1, 0.15) is 10.5 Å². The Morgan fingerprint density at radius 3 is 2.63 bits per heavy atom. The third kappa shape index (κ3) is 2.70. The third-order valence-corrected chi connectivity index (χ3v) is 4.34. The number of primary amides is 1. The van der Waals surface area contributed by atoms with Gasteiger partial charge in [-0.05, 0) is 6.07 Å². The SMILES string of the molecule is NC(=O)c1cnc2c(cc([N+](=O)[O-])c3nncc32)c(-c2ccccc2Cl)n1. The average molecular weight is 381 g/mol. The van der Waals surface area contributed by atoms with E-state index in [1.54, 1.807) is 24.3 Å². The van der Waals surface area contributed by atoms with Crippen molar-refractivity contribution < 1.29 is 9.72 Å². The predicted molar refractivity (Wildman–Crippen MR) is 98.3 cm³/mol. The number of hydrogen-bond acceptors (Lipinski definition) is 7. The number of carbonyl (C=O) groups is 1. The molecular formula is C17H9ClN6O3. The van der Waals surface area contributed by atoms with Crippen LogP contribution in [0.2, 0.25) is 5.02 Å². The molecule has 0 radical (unpaired) electrons. The first-order chi connectivity index (χ1) is 13.0. The molecule has 2 aromatic carbocycles. The molecule has 0 saturated heterocycles. The molecule has 1 amide bonds. The van der Waals surface area contributed by atoms with Crippen molar-refractivity contribution in [3.8, 4) is 11.3 Å². The van der Waals surface area contributed by atoms with E-state index in [0.717, 1.165) is 0 Å². The maximum Gasteiger partial charge on any atom is 0.298 e. The van der Waals surface area contributed by atoms with Crippen molar-refractivity contribution in [3.05, 3.63) is 63.6 Å². The largest absolute Gasteiger partial charge is 0.364 e. The molecule has 4 aromatic rings. The number of amides is 1. The molecule has 10 heteroatoms. The summed E-state index contributed by atoms with van der Waals surface area (Å²) >= 11 is 6.30. The van der Waals surface area contributed by atoms with Crippen molar-refractivity contribution in [1.29, 1.82) is 0 Å². The molecule has 0 spiro atoms. The summed E-state index contributed by atoms with van der Waals surface area (Å²) in [5, 5.41) is 20.1. The molecule has 27 heavy (non-hydrogen) atoms. The van der Waals surface area contributed by atoms with Crippen molar-refractivity contribution in [3.63, 3.8) is 0 Å². The maximum atomic E-state index is 11.7. The Morgan fingerprint density at radius 2 is 1.93 bits per heavy atom. The molecule has 0 aliphatic heterocycles. The minimum atomic E-state index is -0.791. The van der Waals surface area contributed by atoms with Crippen molar-refractivity contribution in [2.75, 3.05) is 0 Å². The van der Waals surface area contributed by atoms with E-state index in [1.807, 2.05) is 0 Å². The summed E-state index contributed by atoms with van der Waals surface area (Å²) in [5.74, 6) is -0.791. The summed E-state index contributed by atoms with van der Waals surface area (Å²) < 4.78 is 0. The smallest absolute Gasteiger partial charge is 0.298 e. The molecule has 132 valence electrons. The molecule has 9 nitrogen and oxygen atoms in total. The van der Waals surface area contributed by atoms with E-state index in [1.165, 1.54) is 18.5 Å². The highest BCUT2D eigenvalue weighted by atomic mass is 35.5. The molecule has 4 rings (SSSR count). The molecule has 0 aliphatic carbocycles. The summed E-state index contributed by atoms with van der Waals surface area (Å²) in [4.78, 5) is 31.3. The van der Waals surface area contributed by atoms with E-state index < -0.39 is 10.8 Å². The fourth-order valence-electron chi connectivity index (χ4n) is 2.81. The molecule has 0 saturated carbocycles. The number of benzene rings is 2. The second-order valence-corrected chi connectivity index (χ2v) is 6.01. The number of hydrogen-bond donors (Lipinski definition) is 1. The lowest BCUT2D eigenvalue weighted by Crippen LogP contribution is -2.12. The van der Waals surface area contributed by atoms with Crippen LogP contribution >= 0.6 is 11.6 Å². The molecule has 0 unspecified atom stereocenters. The minimum absolute atomic E-state index is 0.0944. The van der Waals surface area contributed by atoms with E-state index in [-0.39, 0.29) is 22.6 Å². The molecule has 0 atom stereocenters. The fraction of sp³-hybridized carbons (Fsp3) is 0. The van der Waals surface area contributed by atoms with Gasteiger partial charge in [0.25, 0.3) is 11.6 Å². The zero-order chi connectivity index (χ0) is 19.1. The van der Waals surface area contributed by atoms with E-state index >= 15 is 0 Å². The first-order valence-corrected chi connectivity index (χ1v) is 7.99. The summed E-state index contributed by atoms with van der Waals surface area (Å²) in [6, 6.07) is 8.10. The minimum Gasteiger partial charge on any atom is -0.364 e. The topological polar surface area (TPSA) is 138 Å². The van der Waals surface area contributed by atoms with Crippen LogP contribution in [0, 0.1) is 10.1 Å². The standard InChI is InChI=1S/C17H9ClN6O3/c18-11-4-2-1-3-8(11)15-9-5-13(24(26)27)16-10(6-21-23-16)14(9)20-7-12(22-15)17(19)25/h1-7H,(H2,19,25). The summed E-state index contributed by atoms with van der Waals surface area (Å²) in [7, 11) is 0. The van der Waals surface area contributed by atoms with Gasteiger partial charge in [-0.15, -0.1) is 5.10 Å². The molecule has 2 N–H and O–H groups in total. The quantitative estimate of drug-likeness (QED) is 0.426. The molecular weight excluding hydrogens is 372 g/mol. The molecule has 0 bridgehead atoms. The van der Waals surface area contributed by atoms with Crippen LogP contribution in [-0.2, 0) is 0 Å². The highest BCUT2D eigenvalue weighted by Gasteiger charge is 2.22. The van der Waals surface area contributed by atoms with E-state index in [9.17, 15) is 14.9 Å². The van der Waals surface area contributed by atoms with Gasteiger partial charge in [0.15, 0.2) is 5.52 Å². The average Bonchev–Trinajstić information content (AvgIpc) is 3.03. The number of carbonyl (C=O) groups excluding carboxylic acids is 1. The number of nitro groups is 1. The Balaban J connectivity index is 2.26. The first-order valence-electron chi connectivity index (χ1n) is 7.61. The number of aromatic nitrogens is 4. The Morgan fingerprint density at radius 1 is 1.15 bits per heavy atom. The fourth-order valence-corrected chi connectivity index (χ4v) is 3.04. The van der Waals surface area contributed by atoms with Crippen LogP contribution in [0.5, 0.6) is 0 Å². The van der Waals surface area contributed by atoms with Crippen LogP contribution in [0.15, 0.2) is 42.7 Å². The monoisotopic (exact) mass is 380 g/mol. The number of nitrogens with two attached hydrogens (primary N) is 1. The second-order valence-electron chi connectivity index (χ2n) is 5.60. The van der Waals surface area contributed by atoms with Gasteiger partial charge in [0.1, 0.15) is 5.69 Å². The van der Waals surface area contributed by atoms with Crippen LogP contribution < -0.4 is 5.73 Å². The van der Waals surface area contributed by atoms with Gasteiger partial charge in [-0.25, -0.2) is 4.98 Å². The number of halogens is 1. The van der Waals surface area contributed by atoms with Gasteiger partial charge in [0.05, 0.1) is 33.9 Å². The van der Waals surface area contributed by atoms with Gasteiger partial charge in [0, 0.05) is 22.0 Å². The van der Waals surface area contributed by atoms with E-state index in [0.29, 0.717) is 26.9 Å². The van der Waals surface area contributed by atoms with Gasteiger partial charge in [-0.3, -0.25) is 19.9 Å². The summed E-state index contributed by atoms with van der Waals surface area (Å²) in [6.07, 6.45) is 2.58. The molecule has 2 heterocycles. The maximum absolute atomic E-state index is 11.7. The third-order valence-electron chi connectivity index (χ3n) is 4.02. The zero-order valence-electron chi connectivity index (χ0n) is 13.5. The lowest BCUT2D eigenvalue weighted by atomic mass is 10.0. The Bertz CT molecular complexity index is 1260. The van der Waals surface area contributed by atoms with Crippen LogP contribution in [0.3, 0.4) is 0 Å². The highest BCUT2D eigenvalue weighted by molar-refractivity contribution is 6.33. The van der Waals surface area contributed by atoms with Crippen LogP contribution in [-0.4, -0.2) is 31.0 Å². The normalized spacial score (nSPS) is 11.0. The van der Waals surface area contributed by atoms with Gasteiger partial charge < -0.3 is 5.73 Å². The van der Waals surface area contributed by atoms with Crippen LogP contribution in [0.25, 0.3) is 33.1 Å². The van der Waals surface area contributed by atoms with Gasteiger partial charge in [-0.1, -0.05) is 29.8 Å². The van der Waals surface area contributed by atoms with Crippen molar-refractivity contribution >= 4 is 45.0 Å². The number of fused-ring (bicyclic) bond motifs is 3. The van der Waals surface area contributed by atoms with Gasteiger partial charge >= 0.3 is 0 Å². The highest BCUT2D eigenvalue weighted by Crippen LogP contribution is 2.36. The van der Waals surface area contributed by atoms with Crippen molar-refractivity contribution in [2.24, 2.45) is 5.73 Å². The van der Waals surface area contributed by atoms with E-state index in [2.05, 4.69) is 20.2 Å². The Hall–Kier alpha value is -3.72. The van der Waals surface area contributed by atoms with Crippen molar-refractivity contribution in [1.82, 2.24) is 20.2 Å². The molecule has 2 aromatic heterocycles. The second kappa shape index (κ2) is 6.22. The lowest BCUT2D eigenvalue weighted by molar-refractivity contribution is -0.383. The predicted octanol–water partition coefficient (Wildman–Crippen LogP) is 2.90. The molecule has 0 fully saturated rings. The number of nitrogens with zero attached hydrogens (tertiary/aromatic N) is 5. The first kappa shape index (κ1) is 16.7. The van der Waals surface area contributed by atoms with Gasteiger partial charge in [0.2, 0.25) is 0 Å². The number of rotatable bonds is 3. The summed E-state index contributed by atoms with van der Waals surface area (Å²) in [5.41, 5.74) is 6.18. The van der Waals surface area contributed by atoms with E-state index in [4.69, 9.17) is 17.3 Å². The Kier molecular flexibility index (Phi) is 3.85. The molecule has 0 aliphatic rings.